The number of halogens is 2. The minimum absolute atomic E-state index is 0.0254. The molecular weight excluding hydrogens is 331 g/mol. The third-order valence-electron chi connectivity index (χ3n) is 4.96. The molecule has 2 rings (SSSR count). The summed E-state index contributed by atoms with van der Waals surface area (Å²) in [7, 11) is 1.95. The lowest BCUT2D eigenvalue weighted by Crippen LogP contribution is -2.54. The van der Waals surface area contributed by atoms with Crippen molar-refractivity contribution in [3.63, 3.8) is 0 Å². The Kier molecular flexibility index (Phi) is 5.81. The first-order valence-electron chi connectivity index (χ1n) is 7.96. The van der Waals surface area contributed by atoms with Gasteiger partial charge in [0.1, 0.15) is 5.82 Å². The molecule has 118 valence electrons. The van der Waals surface area contributed by atoms with E-state index in [2.05, 4.69) is 40.0 Å². The highest BCUT2D eigenvalue weighted by atomic mass is 79.9. The molecule has 0 bridgehead atoms. The van der Waals surface area contributed by atoms with E-state index in [0.29, 0.717) is 0 Å². The number of benzene rings is 1. The topological polar surface area (TPSA) is 15.3 Å². The van der Waals surface area contributed by atoms with E-state index in [-0.39, 0.29) is 17.4 Å². The Labute approximate surface area is 136 Å². The van der Waals surface area contributed by atoms with E-state index in [1.165, 1.54) is 12.8 Å². The molecule has 1 aromatic carbocycles. The fourth-order valence-corrected chi connectivity index (χ4v) is 4.46. The standard InChI is InChI=1S/C17H26BrFN2/c1-4-21(5-2)17(10-6-7-11-17)16(20-3)14-12-13(18)8-9-15(14)19/h8-9,12,16,20H,4-7,10-11H2,1-3H3. The minimum Gasteiger partial charge on any atom is -0.311 e. The molecule has 2 nitrogen and oxygen atoms in total. The Balaban J connectivity index is 2.47. The van der Waals surface area contributed by atoms with E-state index in [4.69, 9.17) is 0 Å². The molecule has 1 atom stereocenters. The van der Waals surface area contributed by atoms with Crippen molar-refractivity contribution in [1.29, 1.82) is 0 Å². The second kappa shape index (κ2) is 7.21. The maximum atomic E-state index is 14.4. The first-order valence-corrected chi connectivity index (χ1v) is 8.75. The van der Waals surface area contributed by atoms with E-state index in [1.807, 2.05) is 13.1 Å². The zero-order chi connectivity index (χ0) is 15.5. The van der Waals surface area contributed by atoms with Crippen LogP contribution in [0.1, 0.15) is 51.1 Å². The highest BCUT2D eigenvalue weighted by molar-refractivity contribution is 9.10. The molecule has 0 aromatic heterocycles. The highest BCUT2D eigenvalue weighted by Crippen LogP contribution is 2.45. The molecule has 4 heteroatoms. The van der Waals surface area contributed by atoms with Crippen LogP contribution in [-0.4, -0.2) is 30.6 Å². The molecule has 1 N–H and O–H groups in total. The third-order valence-corrected chi connectivity index (χ3v) is 5.45. The average molecular weight is 357 g/mol. The van der Waals surface area contributed by atoms with E-state index >= 15 is 0 Å². The van der Waals surface area contributed by atoms with Crippen LogP contribution in [0.25, 0.3) is 0 Å². The van der Waals surface area contributed by atoms with Gasteiger partial charge in [-0.1, -0.05) is 42.6 Å². The summed E-state index contributed by atoms with van der Waals surface area (Å²) in [5.41, 5.74) is 0.806. The molecule has 0 saturated heterocycles. The van der Waals surface area contributed by atoms with Gasteiger partial charge in [0.05, 0.1) is 6.04 Å². The van der Waals surface area contributed by atoms with Gasteiger partial charge in [-0.25, -0.2) is 4.39 Å². The lowest BCUT2D eigenvalue weighted by molar-refractivity contribution is 0.0642. The Morgan fingerprint density at radius 3 is 2.43 bits per heavy atom. The molecule has 1 unspecified atom stereocenters. The largest absolute Gasteiger partial charge is 0.311 e. The molecule has 0 radical (unpaired) electrons. The SMILES string of the molecule is CCN(CC)C1(C(NC)c2cc(Br)ccc2F)CCCC1. The second-order valence-electron chi connectivity index (χ2n) is 5.87. The van der Waals surface area contributed by atoms with Gasteiger partial charge >= 0.3 is 0 Å². The first-order chi connectivity index (χ1) is 10.1. The zero-order valence-corrected chi connectivity index (χ0v) is 14.8. The molecule has 1 saturated carbocycles. The van der Waals surface area contributed by atoms with Gasteiger partial charge in [0.25, 0.3) is 0 Å². The molecule has 1 aromatic rings. The number of likely N-dealkylation sites (N-methyl/N-ethyl adjacent to an activating group) is 2. The van der Waals surface area contributed by atoms with Crippen LogP contribution in [0.4, 0.5) is 4.39 Å². The van der Waals surface area contributed by atoms with Gasteiger partial charge in [0, 0.05) is 15.6 Å². The molecule has 0 aliphatic heterocycles. The highest BCUT2D eigenvalue weighted by Gasteiger charge is 2.45. The van der Waals surface area contributed by atoms with Crippen LogP contribution in [0.15, 0.2) is 22.7 Å². The summed E-state index contributed by atoms with van der Waals surface area (Å²) >= 11 is 3.48. The fourth-order valence-electron chi connectivity index (χ4n) is 4.08. The van der Waals surface area contributed by atoms with Gasteiger partial charge in [-0.15, -0.1) is 0 Å². The Morgan fingerprint density at radius 2 is 1.90 bits per heavy atom. The number of hydrogen-bond donors (Lipinski definition) is 1. The molecule has 1 aliphatic rings. The van der Waals surface area contributed by atoms with Gasteiger partial charge in [0.15, 0.2) is 0 Å². The number of hydrogen-bond acceptors (Lipinski definition) is 2. The molecule has 0 spiro atoms. The van der Waals surface area contributed by atoms with Crippen molar-refractivity contribution in [3.8, 4) is 0 Å². The monoisotopic (exact) mass is 356 g/mol. The summed E-state index contributed by atoms with van der Waals surface area (Å²) in [6.07, 6.45) is 4.72. The maximum Gasteiger partial charge on any atom is 0.128 e. The van der Waals surface area contributed by atoms with Crippen LogP contribution in [-0.2, 0) is 0 Å². The van der Waals surface area contributed by atoms with Crippen LogP contribution in [0, 0.1) is 5.82 Å². The van der Waals surface area contributed by atoms with Crippen molar-refractivity contribution in [2.45, 2.75) is 51.1 Å². The summed E-state index contributed by atoms with van der Waals surface area (Å²) in [6, 6.07) is 5.29. The van der Waals surface area contributed by atoms with Crippen molar-refractivity contribution >= 4 is 15.9 Å². The predicted molar refractivity (Wildman–Crippen MR) is 90.0 cm³/mol. The van der Waals surface area contributed by atoms with Gasteiger partial charge in [0.2, 0.25) is 0 Å². The van der Waals surface area contributed by atoms with Crippen molar-refractivity contribution in [1.82, 2.24) is 10.2 Å². The van der Waals surface area contributed by atoms with E-state index in [1.54, 1.807) is 12.1 Å². The molecule has 0 amide bonds. The quantitative estimate of drug-likeness (QED) is 0.806. The van der Waals surface area contributed by atoms with Gasteiger partial charge in [-0.3, -0.25) is 4.90 Å². The lowest BCUT2D eigenvalue weighted by atomic mass is 9.81. The summed E-state index contributed by atoms with van der Waals surface area (Å²) in [6.45, 7) is 6.41. The number of nitrogens with one attached hydrogen (secondary N) is 1. The van der Waals surface area contributed by atoms with Crippen LogP contribution in [0.5, 0.6) is 0 Å². The van der Waals surface area contributed by atoms with Crippen LogP contribution in [0.2, 0.25) is 0 Å². The van der Waals surface area contributed by atoms with Crippen molar-refractivity contribution in [3.05, 3.63) is 34.1 Å². The van der Waals surface area contributed by atoms with Crippen molar-refractivity contribution in [2.75, 3.05) is 20.1 Å². The Hall–Kier alpha value is -0.450. The fraction of sp³-hybridized carbons (Fsp3) is 0.647. The minimum atomic E-state index is -0.115. The molecule has 1 aliphatic carbocycles. The van der Waals surface area contributed by atoms with Crippen LogP contribution < -0.4 is 5.32 Å². The van der Waals surface area contributed by atoms with Gasteiger partial charge < -0.3 is 5.32 Å². The van der Waals surface area contributed by atoms with E-state index < -0.39 is 0 Å². The normalized spacial score (nSPS) is 19.1. The number of nitrogens with zero attached hydrogens (tertiary/aromatic N) is 1. The van der Waals surface area contributed by atoms with E-state index in [0.717, 1.165) is 36.0 Å². The molecule has 1 fully saturated rings. The van der Waals surface area contributed by atoms with Crippen LogP contribution in [0.3, 0.4) is 0 Å². The summed E-state index contributed by atoms with van der Waals surface area (Å²) in [4.78, 5) is 2.52. The summed E-state index contributed by atoms with van der Waals surface area (Å²) < 4.78 is 15.4. The molecular formula is C17H26BrFN2. The van der Waals surface area contributed by atoms with Crippen LogP contribution >= 0.6 is 15.9 Å². The summed E-state index contributed by atoms with van der Waals surface area (Å²) in [5.74, 6) is -0.115. The number of rotatable bonds is 6. The van der Waals surface area contributed by atoms with Crippen molar-refractivity contribution < 1.29 is 4.39 Å². The maximum absolute atomic E-state index is 14.4. The molecule has 0 heterocycles. The second-order valence-corrected chi connectivity index (χ2v) is 6.79. The zero-order valence-electron chi connectivity index (χ0n) is 13.3. The first kappa shape index (κ1) is 16.9. The third kappa shape index (κ3) is 3.17. The predicted octanol–water partition coefficient (Wildman–Crippen LogP) is 4.50. The summed E-state index contributed by atoms with van der Waals surface area (Å²) in [5, 5.41) is 3.42. The van der Waals surface area contributed by atoms with Gasteiger partial charge in [-0.05, 0) is 51.2 Å². The van der Waals surface area contributed by atoms with Crippen molar-refractivity contribution in [2.24, 2.45) is 0 Å². The Bertz CT molecular complexity index is 468. The van der Waals surface area contributed by atoms with E-state index in [9.17, 15) is 4.39 Å². The van der Waals surface area contributed by atoms with Gasteiger partial charge in [-0.2, -0.15) is 0 Å². The smallest absolute Gasteiger partial charge is 0.128 e. The molecule has 21 heavy (non-hydrogen) atoms. The Morgan fingerprint density at radius 1 is 1.29 bits per heavy atom. The average Bonchev–Trinajstić information content (AvgIpc) is 2.95. The lowest BCUT2D eigenvalue weighted by Gasteiger charge is -2.46.